The number of H-pyrrole nitrogens is 1. The molecule has 6 atom stereocenters. The highest BCUT2D eigenvalue weighted by Crippen LogP contribution is 2.61. The Labute approximate surface area is 350 Å². The number of methoxy groups -OCH3 is 1. The molecule has 2 saturated carbocycles. The van der Waals surface area contributed by atoms with Crippen molar-refractivity contribution in [2.24, 2.45) is 23.2 Å². The Morgan fingerprint density at radius 3 is 2.53 bits per heavy atom. The lowest BCUT2D eigenvalue weighted by Gasteiger charge is -2.50. The molecule has 2 bridgehead atoms. The molecule has 0 radical (unpaired) electrons. The third-order valence-corrected chi connectivity index (χ3v) is 13.7. The molecule has 1 aliphatic heterocycles. The summed E-state index contributed by atoms with van der Waals surface area (Å²) in [4.78, 5) is 31.8. The number of para-hydroxylation sites is 1. The van der Waals surface area contributed by atoms with Crippen molar-refractivity contribution in [3.8, 4) is 34.8 Å². The highest BCUT2D eigenvalue weighted by molar-refractivity contribution is 5.94. The van der Waals surface area contributed by atoms with Crippen molar-refractivity contribution in [3.05, 3.63) is 88.6 Å². The number of phenols is 2. The van der Waals surface area contributed by atoms with Gasteiger partial charge in [0.25, 0.3) is 0 Å². The Kier molecular flexibility index (Phi) is 12.3. The van der Waals surface area contributed by atoms with Gasteiger partial charge in [-0.2, -0.15) is 0 Å². The lowest BCUT2D eigenvalue weighted by atomic mass is 9.55. The number of hydrogen-bond donors (Lipinski definition) is 6. The number of benzene rings is 3. The van der Waals surface area contributed by atoms with Crippen molar-refractivity contribution in [2.45, 2.75) is 95.2 Å². The summed E-state index contributed by atoms with van der Waals surface area (Å²) in [6, 6.07) is 16.3. The van der Waals surface area contributed by atoms with Crippen LogP contribution in [0.4, 0.5) is 0 Å². The molecule has 316 valence electrons. The summed E-state index contributed by atoms with van der Waals surface area (Å²) in [5.41, 5.74) is 6.05. The van der Waals surface area contributed by atoms with Crippen LogP contribution in [0.5, 0.6) is 23.0 Å². The van der Waals surface area contributed by atoms with Gasteiger partial charge in [0, 0.05) is 48.8 Å². The number of aromatic nitrogens is 1. The number of carbonyl (C=O) groups excluding carboxylic acids is 2. The lowest BCUT2D eigenvalue weighted by Crippen LogP contribution is -2.42. The van der Waals surface area contributed by atoms with E-state index in [9.17, 15) is 35.1 Å². The molecule has 4 aliphatic rings. The maximum atomic E-state index is 14.7. The molecule has 0 amide bonds. The Morgan fingerprint density at radius 2 is 1.75 bits per heavy atom. The number of allylic oxidation sites excluding steroid dienone is 1. The molecular weight excluding hydrogens is 763 g/mol. The minimum atomic E-state index is -1.29. The van der Waals surface area contributed by atoms with Crippen molar-refractivity contribution in [1.29, 1.82) is 0 Å². The zero-order chi connectivity index (χ0) is 42.0. The van der Waals surface area contributed by atoms with E-state index in [1.54, 1.807) is 18.2 Å². The average Bonchev–Trinajstić information content (AvgIpc) is 3.83. The predicted octanol–water partition coefficient (Wildman–Crippen LogP) is 6.89. The number of Topliss-reactive ketones (excluding diaryl/α,β-unsaturated/α-hetero) is 1. The summed E-state index contributed by atoms with van der Waals surface area (Å²) in [6.45, 7) is -0.194. The van der Waals surface area contributed by atoms with Crippen molar-refractivity contribution in [3.63, 3.8) is 0 Å². The minimum Gasteiger partial charge on any atom is -0.504 e. The van der Waals surface area contributed by atoms with Crippen LogP contribution in [0.1, 0.15) is 98.1 Å². The van der Waals surface area contributed by atoms with E-state index >= 15 is 0 Å². The van der Waals surface area contributed by atoms with Crippen LogP contribution in [0.25, 0.3) is 16.5 Å². The highest BCUT2D eigenvalue weighted by atomic mass is 16.6. The second-order valence-electron chi connectivity index (χ2n) is 17.2. The van der Waals surface area contributed by atoms with Crippen LogP contribution in [-0.4, -0.2) is 81.4 Å². The number of rotatable bonds is 9. The first kappa shape index (κ1) is 41.5. The SMILES string of the molecule is COc1cc2c(cc1O)C1=CC3CC4(CCCC4)C(CCO)CC3C2CC(=O)CC(C(O)Cc2ccc(O)c(OCCO)c2)OC(=O)CC#CCc2c1[nH]c1ccccc21. The molecule has 3 aromatic carbocycles. The van der Waals surface area contributed by atoms with E-state index in [4.69, 9.17) is 14.2 Å². The van der Waals surface area contributed by atoms with Crippen molar-refractivity contribution < 1.29 is 49.3 Å². The third-order valence-electron chi connectivity index (χ3n) is 13.7. The smallest absolute Gasteiger partial charge is 0.318 e. The number of ether oxygens (including phenoxy) is 3. The number of hydrogen-bond acceptors (Lipinski definition) is 10. The summed E-state index contributed by atoms with van der Waals surface area (Å²) in [5, 5.41) is 54.1. The molecule has 3 aliphatic carbocycles. The summed E-state index contributed by atoms with van der Waals surface area (Å²) in [6.07, 6.45) is 6.71. The van der Waals surface area contributed by atoms with E-state index in [0.29, 0.717) is 24.2 Å². The number of nitrogens with one attached hydrogen (secondary N) is 1. The molecule has 2 fully saturated rings. The number of cyclic esters (lactones) is 1. The maximum absolute atomic E-state index is 14.7. The number of aliphatic hydroxyl groups is 3. The predicted molar refractivity (Wildman–Crippen MR) is 226 cm³/mol. The van der Waals surface area contributed by atoms with Gasteiger partial charge in [0.15, 0.2) is 23.0 Å². The number of fused-ring (bicyclic) bond motifs is 6. The van der Waals surface area contributed by atoms with Crippen molar-refractivity contribution >= 4 is 28.2 Å². The van der Waals surface area contributed by atoms with Gasteiger partial charge >= 0.3 is 5.97 Å². The van der Waals surface area contributed by atoms with Gasteiger partial charge in [-0.05, 0) is 114 Å². The van der Waals surface area contributed by atoms with E-state index in [1.165, 1.54) is 13.2 Å². The van der Waals surface area contributed by atoms with E-state index in [1.807, 2.05) is 24.3 Å². The zero-order valence-electron chi connectivity index (χ0n) is 34.1. The van der Waals surface area contributed by atoms with Crippen molar-refractivity contribution in [1.82, 2.24) is 4.98 Å². The van der Waals surface area contributed by atoms with Gasteiger partial charge < -0.3 is 44.7 Å². The van der Waals surface area contributed by atoms with Crippen LogP contribution in [0.2, 0.25) is 0 Å². The second-order valence-corrected chi connectivity index (χ2v) is 17.2. The molecule has 8 rings (SSSR count). The van der Waals surface area contributed by atoms with Gasteiger partial charge in [-0.25, -0.2) is 0 Å². The van der Waals surface area contributed by atoms with Gasteiger partial charge in [0.1, 0.15) is 24.9 Å². The fourth-order valence-electron chi connectivity index (χ4n) is 11.0. The molecule has 2 heterocycles. The molecule has 6 N–H and O–H groups in total. The topological polar surface area (TPSA) is 179 Å². The molecule has 1 spiro atoms. The Balaban J connectivity index is 1.26. The molecule has 11 heteroatoms. The number of aromatic hydroxyl groups is 2. The minimum absolute atomic E-state index is 0.00853. The van der Waals surface area contributed by atoms with Crippen molar-refractivity contribution in [2.75, 3.05) is 26.9 Å². The number of esters is 1. The molecular formula is C49H55NO10. The maximum Gasteiger partial charge on any atom is 0.318 e. The second kappa shape index (κ2) is 17.7. The average molecular weight is 818 g/mol. The standard InChI is InChI=1S/C49H55NO10/c1-58-44-27-38-36-24-32(53)25-46(42(55)20-29-12-13-41(54)45(21-29)59-19-18-52)60-47(57)11-5-3-9-34-33-8-2-4-10-40(33)50-48(34)39(37(38)26-43(44)56)22-30-28-49(15-6-7-16-49)31(14-17-51)23-35(30)36/h2,4,8,10,12-13,21-22,26-27,30-31,35-36,42,46,50-52,54-56H,6-7,9,11,14-20,23-25,28H2,1H3. The van der Waals surface area contributed by atoms with Crippen LogP contribution in [0.3, 0.4) is 0 Å². The molecule has 60 heavy (non-hydrogen) atoms. The summed E-state index contributed by atoms with van der Waals surface area (Å²) >= 11 is 0. The van der Waals surface area contributed by atoms with E-state index in [2.05, 4.69) is 29.0 Å². The third kappa shape index (κ3) is 8.25. The number of carbonyl (C=O) groups is 2. The molecule has 0 saturated heterocycles. The number of aliphatic hydroxyl groups excluding tert-OH is 3. The fraction of sp³-hybridized carbons (Fsp3) is 0.469. The number of ketones is 1. The Hall–Kier alpha value is -5.28. The van der Waals surface area contributed by atoms with Gasteiger partial charge in [0.2, 0.25) is 0 Å². The highest BCUT2D eigenvalue weighted by Gasteiger charge is 2.51. The van der Waals surface area contributed by atoms with Crippen LogP contribution in [0.15, 0.2) is 60.7 Å². The molecule has 4 aromatic rings. The fourth-order valence-corrected chi connectivity index (χ4v) is 11.0. The quantitative estimate of drug-likeness (QED) is 0.0770. The zero-order valence-corrected chi connectivity index (χ0v) is 34.1. The summed E-state index contributed by atoms with van der Waals surface area (Å²) in [5.74, 6) is 5.64. The molecule has 6 unspecified atom stereocenters. The largest absolute Gasteiger partial charge is 0.504 e. The van der Waals surface area contributed by atoms with E-state index in [0.717, 1.165) is 77.4 Å². The monoisotopic (exact) mass is 817 g/mol. The Morgan fingerprint density at radius 1 is 0.950 bits per heavy atom. The first-order valence-corrected chi connectivity index (χ1v) is 21.4. The Bertz CT molecular complexity index is 2330. The van der Waals surface area contributed by atoms with Gasteiger partial charge in [-0.1, -0.05) is 55.0 Å². The van der Waals surface area contributed by atoms with Crippen LogP contribution >= 0.6 is 0 Å². The lowest BCUT2D eigenvalue weighted by molar-refractivity contribution is -0.155. The van der Waals surface area contributed by atoms with E-state index in [-0.39, 0.29) is 97.6 Å². The summed E-state index contributed by atoms with van der Waals surface area (Å²) in [7, 11) is 1.52. The van der Waals surface area contributed by atoms with E-state index < -0.39 is 18.2 Å². The first-order valence-electron chi connectivity index (χ1n) is 21.4. The number of aromatic amines is 1. The summed E-state index contributed by atoms with van der Waals surface area (Å²) < 4.78 is 17.1. The number of phenolic OH excluding ortho intramolecular Hbond substituents is 2. The molecule has 11 nitrogen and oxygen atoms in total. The van der Waals surface area contributed by atoms with Crippen LogP contribution < -0.4 is 9.47 Å². The molecule has 1 aromatic heterocycles. The van der Waals surface area contributed by atoms with Gasteiger partial charge in [-0.3, -0.25) is 9.59 Å². The normalized spacial score (nSPS) is 24.3. The van der Waals surface area contributed by atoms with Gasteiger partial charge in [-0.15, -0.1) is 0 Å². The van der Waals surface area contributed by atoms with Crippen LogP contribution in [-0.2, 0) is 27.2 Å². The van der Waals surface area contributed by atoms with Gasteiger partial charge in [0.05, 0.1) is 25.5 Å². The first-order chi connectivity index (χ1) is 29.1. The van der Waals surface area contributed by atoms with Crippen LogP contribution in [0, 0.1) is 35.0 Å².